The smallest absolute Gasteiger partial charge is 0.251 e. The standard InChI is InChI=1S/C19H22N4O2/c24-19(17-6-3-11-25-17)23-10-2-5-15(13-23)16-7-9-21-18(22-16)14-4-1-8-20-12-14/h1,4,7-9,12,15,17H,2-3,5-6,10-11,13H2. The number of aromatic nitrogens is 3. The maximum absolute atomic E-state index is 12.6. The Morgan fingerprint density at radius 1 is 1.20 bits per heavy atom. The summed E-state index contributed by atoms with van der Waals surface area (Å²) in [6.45, 7) is 2.23. The molecule has 0 aliphatic carbocycles. The summed E-state index contributed by atoms with van der Waals surface area (Å²) >= 11 is 0. The van der Waals surface area contributed by atoms with Crippen LogP contribution in [0.1, 0.15) is 37.3 Å². The van der Waals surface area contributed by atoms with Crippen LogP contribution in [0.25, 0.3) is 11.4 Å². The molecule has 25 heavy (non-hydrogen) atoms. The van der Waals surface area contributed by atoms with Gasteiger partial charge in [-0.25, -0.2) is 9.97 Å². The van der Waals surface area contributed by atoms with E-state index in [1.54, 1.807) is 18.6 Å². The minimum absolute atomic E-state index is 0.142. The zero-order valence-electron chi connectivity index (χ0n) is 14.2. The lowest BCUT2D eigenvalue weighted by atomic mass is 9.94. The van der Waals surface area contributed by atoms with Crippen LogP contribution in [0.3, 0.4) is 0 Å². The number of carbonyl (C=O) groups is 1. The van der Waals surface area contributed by atoms with Crippen LogP contribution in [0.5, 0.6) is 0 Å². The van der Waals surface area contributed by atoms with E-state index in [4.69, 9.17) is 9.72 Å². The van der Waals surface area contributed by atoms with E-state index in [1.807, 2.05) is 23.1 Å². The van der Waals surface area contributed by atoms with Gasteiger partial charge in [0.1, 0.15) is 6.10 Å². The Hall–Kier alpha value is -2.34. The number of rotatable bonds is 3. The van der Waals surface area contributed by atoms with Gasteiger partial charge in [0.25, 0.3) is 5.91 Å². The van der Waals surface area contributed by atoms with Crippen LogP contribution in [-0.4, -0.2) is 51.6 Å². The zero-order valence-corrected chi connectivity index (χ0v) is 14.2. The lowest BCUT2D eigenvalue weighted by molar-refractivity contribution is -0.142. The Morgan fingerprint density at radius 2 is 2.16 bits per heavy atom. The molecule has 6 heteroatoms. The number of likely N-dealkylation sites (tertiary alicyclic amines) is 1. The van der Waals surface area contributed by atoms with E-state index in [9.17, 15) is 4.79 Å². The van der Waals surface area contributed by atoms with Gasteiger partial charge in [0, 0.05) is 55.5 Å². The number of nitrogens with zero attached hydrogens (tertiary/aromatic N) is 4. The number of pyridine rings is 1. The average molecular weight is 338 g/mol. The SMILES string of the molecule is O=C(C1CCCO1)N1CCCC(c2ccnc(-c3cccnc3)n2)C1. The third-order valence-electron chi connectivity index (χ3n) is 4.95. The molecule has 0 spiro atoms. The predicted octanol–water partition coefficient (Wildman–Crippen LogP) is 2.42. The molecule has 2 aliphatic heterocycles. The molecule has 0 radical (unpaired) electrons. The van der Waals surface area contributed by atoms with E-state index < -0.39 is 0 Å². The summed E-state index contributed by atoms with van der Waals surface area (Å²) in [5, 5.41) is 0. The first-order valence-corrected chi connectivity index (χ1v) is 8.95. The van der Waals surface area contributed by atoms with Crippen molar-refractivity contribution in [2.24, 2.45) is 0 Å². The van der Waals surface area contributed by atoms with Crippen molar-refractivity contribution in [3.63, 3.8) is 0 Å². The van der Waals surface area contributed by atoms with Gasteiger partial charge in [0.05, 0.1) is 0 Å². The highest BCUT2D eigenvalue weighted by atomic mass is 16.5. The minimum Gasteiger partial charge on any atom is -0.368 e. The maximum Gasteiger partial charge on any atom is 0.251 e. The van der Waals surface area contributed by atoms with Gasteiger partial charge in [0.15, 0.2) is 5.82 Å². The molecule has 2 saturated heterocycles. The monoisotopic (exact) mass is 338 g/mol. The molecule has 2 aliphatic rings. The summed E-state index contributed by atoms with van der Waals surface area (Å²) in [4.78, 5) is 27.8. The summed E-state index contributed by atoms with van der Waals surface area (Å²) in [7, 11) is 0. The molecule has 0 bridgehead atoms. The van der Waals surface area contributed by atoms with Crippen molar-refractivity contribution in [3.05, 3.63) is 42.5 Å². The van der Waals surface area contributed by atoms with Crippen LogP contribution < -0.4 is 0 Å². The molecule has 4 rings (SSSR count). The largest absolute Gasteiger partial charge is 0.368 e. The number of hydrogen-bond donors (Lipinski definition) is 0. The van der Waals surface area contributed by atoms with Crippen molar-refractivity contribution in [1.29, 1.82) is 0 Å². The Balaban J connectivity index is 1.50. The van der Waals surface area contributed by atoms with Gasteiger partial charge >= 0.3 is 0 Å². The van der Waals surface area contributed by atoms with Crippen molar-refractivity contribution in [3.8, 4) is 11.4 Å². The molecular weight excluding hydrogens is 316 g/mol. The van der Waals surface area contributed by atoms with Gasteiger partial charge in [0.2, 0.25) is 0 Å². The number of carbonyl (C=O) groups excluding carboxylic acids is 1. The number of amides is 1. The Labute approximate surface area is 147 Å². The molecule has 0 saturated carbocycles. The first-order chi connectivity index (χ1) is 12.3. The van der Waals surface area contributed by atoms with Crippen molar-refractivity contribution in [2.75, 3.05) is 19.7 Å². The molecule has 2 unspecified atom stereocenters. The second-order valence-electron chi connectivity index (χ2n) is 6.67. The van der Waals surface area contributed by atoms with Crippen molar-refractivity contribution < 1.29 is 9.53 Å². The number of piperidine rings is 1. The molecule has 2 atom stereocenters. The van der Waals surface area contributed by atoms with Crippen LogP contribution in [-0.2, 0) is 9.53 Å². The number of hydrogen-bond acceptors (Lipinski definition) is 5. The predicted molar refractivity (Wildman–Crippen MR) is 92.8 cm³/mol. The van der Waals surface area contributed by atoms with Gasteiger partial charge in [-0.15, -0.1) is 0 Å². The van der Waals surface area contributed by atoms with Crippen molar-refractivity contribution in [2.45, 2.75) is 37.7 Å². The highest BCUT2D eigenvalue weighted by Crippen LogP contribution is 2.28. The summed E-state index contributed by atoms with van der Waals surface area (Å²) in [6.07, 6.45) is 8.93. The van der Waals surface area contributed by atoms with E-state index in [-0.39, 0.29) is 17.9 Å². The third-order valence-corrected chi connectivity index (χ3v) is 4.95. The highest BCUT2D eigenvalue weighted by Gasteiger charge is 2.32. The van der Waals surface area contributed by atoms with Crippen LogP contribution in [0.15, 0.2) is 36.8 Å². The minimum atomic E-state index is -0.241. The van der Waals surface area contributed by atoms with E-state index in [1.165, 1.54) is 0 Å². The first kappa shape index (κ1) is 16.1. The zero-order chi connectivity index (χ0) is 17.1. The van der Waals surface area contributed by atoms with E-state index in [0.717, 1.165) is 43.5 Å². The van der Waals surface area contributed by atoms with Crippen molar-refractivity contribution in [1.82, 2.24) is 19.9 Å². The number of ether oxygens (including phenoxy) is 1. The molecule has 1 amide bonds. The second-order valence-corrected chi connectivity index (χ2v) is 6.67. The van der Waals surface area contributed by atoms with Crippen LogP contribution in [0, 0.1) is 0 Å². The summed E-state index contributed by atoms with van der Waals surface area (Å²) in [5.74, 6) is 1.08. The first-order valence-electron chi connectivity index (χ1n) is 8.95. The van der Waals surface area contributed by atoms with Crippen LogP contribution >= 0.6 is 0 Å². The van der Waals surface area contributed by atoms with E-state index in [0.29, 0.717) is 19.0 Å². The molecule has 2 fully saturated rings. The molecule has 130 valence electrons. The fraction of sp³-hybridized carbons (Fsp3) is 0.474. The summed E-state index contributed by atoms with van der Waals surface area (Å²) in [6, 6.07) is 5.80. The quantitative estimate of drug-likeness (QED) is 0.860. The lowest BCUT2D eigenvalue weighted by Crippen LogP contribution is -2.44. The molecule has 2 aromatic heterocycles. The Morgan fingerprint density at radius 3 is 2.96 bits per heavy atom. The normalized spacial score (nSPS) is 23.6. The fourth-order valence-electron chi connectivity index (χ4n) is 3.63. The summed E-state index contributed by atoms with van der Waals surface area (Å²) in [5.41, 5.74) is 1.91. The maximum atomic E-state index is 12.6. The van der Waals surface area contributed by atoms with Crippen LogP contribution in [0.4, 0.5) is 0 Å². The second kappa shape index (κ2) is 7.27. The van der Waals surface area contributed by atoms with Crippen LogP contribution in [0.2, 0.25) is 0 Å². The van der Waals surface area contributed by atoms with Gasteiger partial charge in [-0.1, -0.05) is 0 Å². The third kappa shape index (κ3) is 3.54. The highest BCUT2D eigenvalue weighted by molar-refractivity contribution is 5.81. The van der Waals surface area contributed by atoms with Crippen molar-refractivity contribution >= 4 is 5.91 Å². The Kier molecular flexibility index (Phi) is 4.70. The van der Waals surface area contributed by atoms with Gasteiger partial charge in [-0.2, -0.15) is 0 Å². The van der Waals surface area contributed by atoms with E-state index in [2.05, 4.69) is 9.97 Å². The molecule has 0 N–H and O–H groups in total. The van der Waals surface area contributed by atoms with Gasteiger partial charge in [-0.05, 0) is 43.9 Å². The van der Waals surface area contributed by atoms with Gasteiger partial charge in [-0.3, -0.25) is 9.78 Å². The fourth-order valence-corrected chi connectivity index (χ4v) is 3.63. The topological polar surface area (TPSA) is 68.2 Å². The molecule has 0 aromatic carbocycles. The molecule has 2 aromatic rings. The molecule has 4 heterocycles. The lowest BCUT2D eigenvalue weighted by Gasteiger charge is -2.33. The molecule has 6 nitrogen and oxygen atoms in total. The molecular formula is C19H22N4O2. The summed E-state index contributed by atoms with van der Waals surface area (Å²) < 4.78 is 5.56. The van der Waals surface area contributed by atoms with Gasteiger partial charge < -0.3 is 9.64 Å². The Bertz CT molecular complexity index is 731. The van der Waals surface area contributed by atoms with E-state index >= 15 is 0 Å². The average Bonchev–Trinajstić information content (AvgIpc) is 3.23.